The number of halogens is 1. The number of carbonyl (C=O) groups is 2. The fourth-order valence-electron chi connectivity index (χ4n) is 5.02. The van der Waals surface area contributed by atoms with E-state index in [1.165, 1.54) is 0 Å². The Morgan fingerprint density at radius 2 is 1.68 bits per heavy atom. The van der Waals surface area contributed by atoms with Gasteiger partial charge in [0.15, 0.2) is 0 Å². The summed E-state index contributed by atoms with van der Waals surface area (Å²) in [5.74, 6) is 0.798. The Labute approximate surface area is 236 Å². The highest BCUT2D eigenvalue weighted by Gasteiger charge is 2.31. The molecule has 0 aromatic heterocycles. The quantitative estimate of drug-likeness (QED) is 0.192. The van der Waals surface area contributed by atoms with Gasteiger partial charge in [0.1, 0.15) is 6.04 Å². The van der Waals surface area contributed by atoms with E-state index in [2.05, 4.69) is 24.4 Å². The van der Waals surface area contributed by atoms with Gasteiger partial charge in [-0.05, 0) is 67.3 Å². The molecule has 38 heavy (non-hydrogen) atoms. The molecule has 0 radical (unpaired) electrons. The van der Waals surface area contributed by atoms with Crippen molar-refractivity contribution in [2.75, 3.05) is 5.75 Å². The van der Waals surface area contributed by atoms with Crippen molar-refractivity contribution in [3.8, 4) is 0 Å². The van der Waals surface area contributed by atoms with E-state index in [1.54, 1.807) is 11.8 Å². The van der Waals surface area contributed by atoms with Crippen LogP contribution in [0.25, 0.3) is 0 Å². The van der Waals surface area contributed by atoms with Gasteiger partial charge in [-0.15, -0.1) is 11.8 Å². The lowest BCUT2D eigenvalue weighted by atomic mass is 10.0. The summed E-state index contributed by atoms with van der Waals surface area (Å²) >= 11 is 7.72. The first kappa shape index (κ1) is 28.3. The molecular formula is C32H37ClN2O2S. The Hall–Kier alpha value is -2.76. The maximum Gasteiger partial charge on any atom is 0.243 e. The van der Waals surface area contributed by atoms with Crippen molar-refractivity contribution >= 4 is 35.2 Å². The number of thioether (sulfide) groups is 1. The van der Waals surface area contributed by atoms with Crippen molar-refractivity contribution in [2.45, 2.75) is 75.4 Å². The summed E-state index contributed by atoms with van der Waals surface area (Å²) in [6.45, 7) is 2.47. The first-order chi connectivity index (χ1) is 18.5. The number of aryl methyl sites for hydroxylation is 1. The van der Waals surface area contributed by atoms with Crippen molar-refractivity contribution in [3.63, 3.8) is 0 Å². The third kappa shape index (κ3) is 8.64. The molecule has 0 spiro atoms. The molecule has 1 N–H and O–H groups in total. The Kier molecular flexibility index (Phi) is 10.7. The van der Waals surface area contributed by atoms with E-state index >= 15 is 0 Å². The lowest BCUT2D eigenvalue weighted by Gasteiger charge is -2.32. The maximum absolute atomic E-state index is 13.8. The largest absolute Gasteiger partial charge is 0.352 e. The van der Waals surface area contributed by atoms with Gasteiger partial charge in [-0.1, -0.05) is 84.6 Å². The van der Waals surface area contributed by atoms with Gasteiger partial charge in [0.25, 0.3) is 0 Å². The molecule has 0 unspecified atom stereocenters. The number of rotatable bonds is 12. The zero-order valence-electron chi connectivity index (χ0n) is 22.1. The van der Waals surface area contributed by atoms with Crippen molar-refractivity contribution in [2.24, 2.45) is 0 Å². The number of hydrogen-bond donors (Lipinski definition) is 1. The second-order valence-corrected chi connectivity index (χ2v) is 11.7. The number of benzene rings is 3. The van der Waals surface area contributed by atoms with Crippen LogP contribution >= 0.6 is 23.4 Å². The maximum atomic E-state index is 13.8. The molecule has 1 fully saturated rings. The fraction of sp³-hybridized carbons (Fsp3) is 0.375. The first-order valence-electron chi connectivity index (χ1n) is 13.6. The minimum absolute atomic E-state index is 0.0192. The van der Waals surface area contributed by atoms with Crippen molar-refractivity contribution in [3.05, 3.63) is 101 Å². The van der Waals surface area contributed by atoms with Crippen LogP contribution in [-0.4, -0.2) is 34.6 Å². The fourth-order valence-corrected chi connectivity index (χ4v) is 6.00. The SMILES string of the molecule is Cc1cccc(CN(C(=O)CCCSc2ccc(Cl)cc2)[C@H](Cc2ccccc2)C(=O)NC2CCCC2)c1. The summed E-state index contributed by atoms with van der Waals surface area (Å²) in [4.78, 5) is 30.5. The zero-order chi connectivity index (χ0) is 26.7. The molecule has 6 heteroatoms. The van der Waals surface area contributed by atoms with Gasteiger partial charge in [-0.25, -0.2) is 0 Å². The monoisotopic (exact) mass is 548 g/mol. The normalized spacial score (nSPS) is 14.3. The number of nitrogens with zero attached hydrogens (tertiary/aromatic N) is 1. The molecule has 0 saturated heterocycles. The molecule has 3 aromatic carbocycles. The van der Waals surface area contributed by atoms with Crippen LogP contribution in [0, 0.1) is 6.92 Å². The molecule has 3 aromatic rings. The Morgan fingerprint density at radius 1 is 0.974 bits per heavy atom. The Balaban J connectivity index is 1.51. The van der Waals surface area contributed by atoms with E-state index in [9.17, 15) is 9.59 Å². The van der Waals surface area contributed by atoms with Crippen LogP contribution in [-0.2, 0) is 22.6 Å². The number of hydrogen-bond acceptors (Lipinski definition) is 3. The minimum Gasteiger partial charge on any atom is -0.352 e. The van der Waals surface area contributed by atoms with Gasteiger partial charge >= 0.3 is 0 Å². The van der Waals surface area contributed by atoms with Crippen LogP contribution in [0.5, 0.6) is 0 Å². The van der Waals surface area contributed by atoms with E-state index in [0.717, 1.165) is 64.5 Å². The van der Waals surface area contributed by atoms with E-state index < -0.39 is 6.04 Å². The predicted octanol–water partition coefficient (Wildman–Crippen LogP) is 7.22. The topological polar surface area (TPSA) is 49.4 Å². The molecule has 1 aliphatic rings. The summed E-state index contributed by atoms with van der Waals surface area (Å²) < 4.78 is 0. The van der Waals surface area contributed by atoms with Crippen LogP contribution in [0.2, 0.25) is 5.02 Å². The highest BCUT2D eigenvalue weighted by molar-refractivity contribution is 7.99. The molecule has 1 aliphatic carbocycles. The van der Waals surface area contributed by atoms with Crippen molar-refractivity contribution < 1.29 is 9.59 Å². The molecule has 0 bridgehead atoms. The predicted molar refractivity (Wildman–Crippen MR) is 157 cm³/mol. The minimum atomic E-state index is -0.560. The molecule has 1 atom stereocenters. The van der Waals surface area contributed by atoms with Gasteiger partial charge in [0, 0.05) is 35.3 Å². The average molecular weight is 549 g/mol. The number of amides is 2. The van der Waals surface area contributed by atoms with Crippen LogP contribution in [0.1, 0.15) is 55.2 Å². The van der Waals surface area contributed by atoms with Crippen molar-refractivity contribution in [1.82, 2.24) is 10.2 Å². The van der Waals surface area contributed by atoms with Crippen LogP contribution < -0.4 is 5.32 Å². The Morgan fingerprint density at radius 3 is 2.39 bits per heavy atom. The third-order valence-electron chi connectivity index (χ3n) is 7.03. The van der Waals surface area contributed by atoms with Gasteiger partial charge in [-0.2, -0.15) is 0 Å². The van der Waals surface area contributed by atoms with Crippen LogP contribution in [0.4, 0.5) is 0 Å². The van der Waals surface area contributed by atoms with Crippen LogP contribution in [0.15, 0.2) is 83.8 Å². The highest BCUT2D eigenvalue weighted by Crippen LogP contribution is 2.23. The van der Waals surface area contributed by atoms with E-state index in [-0.39, 0.29) is 17.9 Å². The number of nitrogens with one attached hydrogen (secondary N) is 1. The van der Waals surface area contributed by atoms with Gasteiger partial charge in [0.05, 0.1) is 0 Å². The van der Waals surface area contributed by atoms with Gasteiger partial charge in [0.2, 0.25) is 11.8 Å². The lowest BCUT2D eigenvalue weighted by molar-refractivity contribution is -0.141. The number of carbonyl (C=O) groups excluding carboxylic acids is 2. The van der Waals surface area contributed by atoms with Crippen LogP contribution in [0.3, 0.4) is 0 Å². The van der Waals surface area contributed by atoms with Gasteiger partial charge in [-0.3, -0.25) is 9.59 Å². The van der Waals surface area contributed by atoms with Crippen molar-refractivity contribution in [1.29, 1.82) is 0 Å². The molecule has 0 heterocycles. The molecule has 4 rings (SSSR count). The zero-order valence-corrected chi connectivity index (χ0v) is 23.6. The summed E-state index contributed by atoms with van der Waals surface area (Å²) in [5.41, 5.74) is 3.24. The standard InChI is InChI=1S/C32H37ClN2O2S/c1-24-9-7-12-26(21-24)23-35(31(36)15-8-20-38-29-18-16-27(33)17-19-29)30(22-25-10-3-2-4-11-25)32(37)34-28-13-5-6-14-28/h2-4,7,9-12,16-19,21,28,30H,5-6,8,13-15,20,22-23H2,1H3,(H,34,37)/t30-/m1/s1. The molecular weight excluding hydrogens is 512 g/mol. The summed E-state index contributed by atoms with van der Waals surface area (Å²) in [5, 5.41) is 4.00. The summed E-state index contributed by atoms with van der Waals surface area (Å²) in [7, 11) is 0. The second-order valence-electron chi connectivity index (χ2n) is 10.1. The highest BCUT2D eigenvalue weighted by atomic mass is 35.5. The average Bonchev–Trinajstić information content (AvgIpc) is 3.43. The third-order valence-corrected chi connectivity index (χ3v) is 8.38. The second kappa shape index (κ2) is 14.4. The molecule has 200 valence electrons. The molecule has 2 amide bonds. The Bertz CT molecular complexity index is 1180. The van der Waals surface area contributed by atoms with E-state index in [0.29, 0.717) is 19.4 Å². The van der Waals surface area contributed by atoms with Gasteiger partial charge < -0.3 is 10.2 Å². The van der Waals surface area contributed by atoms with E-state index in [1.807, 2.05) is 71.6 Å². The summed E-state index contributed by atoms with van der Waals surface area (Å²) in [6.07, 6.45) is 5.94. The lowest BCUT2D eigenvalue weighted by Crippen LogP contribution is -2.52. The smallest absolute Gasteiger partial charge is 0.243 e. The molecule has 0 aliphatic heterocycles. The molecule has 4 nitrogen and oxygen atoms in total. The van der Waals surface area contributed by atoms with E-state index in [4.69, 9.17) is 11.6 Å². The first-order valence-corrected chi connectivity index (χ1v) is 14.9. The summed E-state index contributed by atoms with van der Waals surface area (Å²) in [6, 6.07) is 25.6. The molecule has 1 saturated carbocycles.